The zero-order valence-corrected chi connectivity index (χ0v) is 13.2. The summed E-state index contributed by atoms with van der Waals surface area (Å²) in [5.74, 6) is -1.58. The Morgan fingerprint density at radius 1 is 1.22 bits per heavy atom. The van der Waals surface area contributed by atoms with Crippen molar-refractivity contribution in [1.82, 2.24) is 4.90 Å². The van der Waals surface area contributed by atoms with Crippen LogP contribution in [0.25, 0.3) is 0 Å². The Bertz CT molecular complexity index is 590. The summed E-state index contributed by atoms with van der Waals surface area (Å²) in [6.07, 6.45) is -0.107. The van der Waals surface area contributed by atoms with Crippen LogP contribution in [0.5, 0.6) is 0 Å². The van der Waals surface area contributed by atoms with E-state index in [1.165, 1.54) is 7.11 Å². The molecule has 6 nitrogen and oxygen atoms in total. The highest BCUT2D eigenvalue weighted by atomic mass is 16.6. The van der Waals surface area contributed by atoms with E-state index in [2.05, 4.69) is 0 Å². The Hall–Kier alpha value is -1.92. The van der Waals surface area contributed by atoms with Crippen LogP contribution in [0.1, 0.15) is 23.2 Å². The van der Waals surface area contributed by atoms with Crippen LogP contribution < -0.4 is 0 Å². The van der Waals surface area contributed by atoms with E-state index in [9.17, 15) is 14.7 Å². The molecule has 5 atom stereocenters. The van der Waals surface area contributed by atoms with Crippen molar-refractivity contribution in [2.75, 3.05) is 14.2 Å². The van der Waals surface area contributed by atoms with E-state index in [0.29, 0.717) is 18.4 Å². The Morgan fingerprint density at radius 3 is 2.57 bits per heavy atom. The van der Waals surface area contributed by atoms with Crippen molar-refractivity contribution in [2.24, 2.45) is 5.92 Å². The summed E-state index contributed by atoms with van der Waals surface area (Å²) < 4.78 is 10.5. The maximum absolute atomic E-state index is 12.3. The Balaban J connectivity index is 1.82. The molecule has 6 heteroatoms. The molecule has 0 aliphatic carbocycles. The molecule has 0 spiro atoms. The SMILES string of the molecule is COC(=O)[C@@H]1[C@H]2[C@H](O)C[C@@H](C[C@@H]1OC(=O)c1ccccc1)N2C. The number of hydrogen-bond donors (Lipinski definition) is 1. The van der Waals surface area contributed by atoms with E-state index >= 15 is 0 Å². The summed E-state index contributed by atoms with van der Waals surface area (Å²) in [5.41, 5.74) is 0.447. The number of likely N-dealkylation sites (N-methyl/N-ethyl adjacent to an activating group) is 1. The molecule has 2 aliphatic heterocycles. The van der Waals surface area contributed by atoms with Crippen molar-refractivity contribution >= 4 is 11.9 Å². The number of methoxy groups -OCH3 is 1. The molecule has 124 valence electrons. The van der Waals surface area contributed by atoms with Gasteiger partial charge in [-0.2, -0.15) is 0 Å². The number of carbonyl (C=O) groups is 2. The van der Waals surface area contributed by atoms with Gasteiger partial charge in [0.2, 0.25) is 0 Å². The summed E-state index contributed by atoms with van der Waals surface area (Å²) in [6, 6.07) is 8.41. The minimum Gasteiger partial charge on any atom is -0.469 e. The van der Waals surface area contributed by atoms with E-state index < -0.39 is 30.1 Å². The van der Waals surface area contributed by atoms with Gasteiger partial charge in [-0.25, -0.2) is 4.79 Å². The lowest BCUT2D eigenvalue weighted by Gasteiger charge is -2.41. The van der Waals surface area contributed by atoms with Gasteiger partial charge in [-0.1, -0.05) is 18.2 Å². The third-order valence-corrected chi connectivity index (χ3v) is 4.97. The maximum atomic E-state index is 12.3. The molecule has 2 aliphatic rings. The molecule has 1 N–H and O–H groups in total. The van der Waals surface area contributed by atoms with Gasteiger partial charge in [-0.05, 0) is 25.6 Å². The summed E-state index contributed by atoms with van der Waals surface area (Å²) in [4.78, 5) is 26.5. The number of piperidine rings is 1. The van der Waals surface area contributed by atoms with Crippen LogP contribution >= 0.6 is 0 Å². The number of benzene rings is 1. The molecule has 1 aromatic carbocycles. The molecule has 2 heterocycles. The number of rotatable bonds is 3. The summed E-state index contributed by atoms with van der Waals surface area (Å²) in [6.45, 7) is 0. The molecule has 0 amide bonds. The zero-order valence-electron chi connectivity index (χ0n) is 13.2. The minimum atomic E-state index is -0.675. The van der Waals surface area contributed by atoms with Crippen molar-refractivity contribution in [1.29, 1.82) is 0 Å². The van der Waals surface area contributed by atoms with Crippen LogP contribution in [0.15, 0.2) is 30.3 Å². The fraction of sp³-hybridized carbons (Fsp3) is 0.529. The van der Waals surface area contributed by atoms with Crippen molar-refractivity contribution < 1.29 is 24.2 Å². The number of esters is 2. The second-order valence-corrected chi connectivity index (χ2v) is 6.21. The van der Waals surface area contributed by atoms with Crippen LogP contribution in [-0.4, -0.2) is 60.4 Å². The van der Waals surface area contributed by atoms with Gasteiger partial charge in [0.05, 0.1) is 24.8 Å². The predicted octanol–water partition coefficient (Wildman–Crippen LogP) is 0.838. The smallest absolute Gasteiger partial charge is 0.338 e. The van der Waals surface area contributed by atoms with E-state index in [4.69, 9.17) is 9.47 Å². The second-order valence-electron chi connectivity index (χ2n) is 6.21. The first-order valence-corrected chi connectivity index (χ1v) is 7.76. The molecule has 23 heavy (non-hydrogen) atoms. The van der Waals surface area contributed by atoms with Crippen LogP contribution in [0.2, 0.25) is 0 Å². The average Bonchev–Trinajstić information content (AvgIpc) is 2.74. The van der Waals surface area contributed by atoms with Crippen molar-refractivity contribution in [3.05, 3.63) is 35.9 Å². The summed E-state index contributed by atoms with van der Waals surface area (Å²) in [5, 5.41) is 10.3. The van der Waals surface area contributed by atoms with Crippen LogP contribution in [-0.2, 0) is 14.3 Å². The normalized spacial score (nSPS) is 33.3. The van der Waals surface area contributed by atoms with Gasteiger partial charge in [0, 0.05) is 12.5 Å². The van der Waals surface area contributed by atoms with E-state index in [1.54, 1.807) is 24.3 Å². The highest BCUT2D eigenvalue weighted by Crippen LogP contribution is 2.40. The molecular weight excluding hydrogens is 298 g/mol. The molecule has 3 rings (SSSR count). The summed E-state index contributed by atoms with van der Waals surface area (Å²) >= 11 is 0. The van der Waals surface area contributed by atoms with Crippen LogP contribution in [0.3, 0.4) is 0 Å². The lowest BCUT2D eigenvalue weighted by atomic mass is 9.87. The van der Waals surface area contributed by atoms with Crippen molar-refractivity contribution in [2.45, 2.75) is 37.1 Å². The quantitative estimate of drug-likeness (QED) is 0.832. The zero-order chi connectivity index (χ0) is 16.6. The lowest BCUT2D eigenvalue weighted by Crippen LogP contribution is -2.55. The molecule has 0 radical (unpaired) electrons. The third kappa shape index (κ3) is 2.84. The standard InChI is InChI=1S/C17H21NO5/c1-18-11-8-12(19)15(18)14(17(21)22-2)13(9-11)23-16(20)10-6-4-3-5-7-10/h3-7,11-15,19H,8-9H2,1-2H3/t11-,12+,13-,14-,15+/m0/s1. The van der Waals surface area contributed by atoms with Gasteiger partial charge < -0.3 is 14.6 Å². The van der Waals surface area contributed by atoms with Gasteiger partial charge in [0.15, 0.2) is 0 Å². The molecule has 1 aromatic rings. The first-order chi connectivity index (χ1) is 11.0. The van der Waals surface area contributed by atoms with Gasteiger partial charge in [-0.15, -0.1) is 0 Å². The van der Waals surface area contributed by atoms with Crippen LogP contribution in [0, 0.1) is 5.92 Å². The van der Waals surface area contributed by atoms with Gasteiger partial charge in [0.1, 0.15) is 12.0 Å². The van der Waals surface area contributed by atoms with E-state index in [1.807, 2.05) is 18.0 Å². The third-order valence-electron chi connectivity index (χ3n) is 4.97. The Labute approximate surface area is 135 Å². The topological polar surface area (TPSA) is 76.1 Å². The fourth-order valence-electron chi connectivity index (χ4n) is 3.82. The molecular formula is C17H21NO5. The molecule has 2 bridgehead atoms. The fourth-order valence-corrected chi connectivity index (χ4v) is 3.82. The number of fused-ring (bicyclic) bond motifs is 2. The van der Waals surface area contributed by atoms with Gasteiger partial charge in [-0.3, -0.25) is 9.69 Å². The molecule has 0 aromatic heterocycles. The number of aliphatic hydroxyl groups is 1. The number of hydrogen-bond acceptors (Lipinski definition) is 6. The van der Waals surface area contributed by atoms with E-state index in [-0.39, 0.29) is 12.1 Å². The Kier molecular flexibility index (Phi) is 4.37. The average molecular weight is 319 g/mol. The summed E-state index contributed by atoms with van der Waals surface area (Å²) in [7, 11) is 3.20. The highest BCUT2D eigenvalue weighted by molar-refractivity contribution is 5.89. The first-order valence-electron chi connectivity index (χ1n) is 7.76. The molecule has 0 saturated carbocycles. The van der Waals surface area contributed by atoms with Crippen molar-refractivity contribution in [3.8, 4) is 0 Å². The molecule has 2 fully saturated rings. The van der Waals surface area contributed by atoms with Crippen molar-refractivity contribution in [3.63, 3.8) is 0 Å². The second kappa shape index (κ2) is 6.29. The number of ether oxygens (including phenoxy) is 2. The van der Waals surface area contributed by atoms with E-state index in [0.717, 1.165) is 0 Å². The monoisotopic (exact) mass is 319 g/mol. The predicted molar refractivity (Wildman–Crippen MR) is 81.7 cm³/mol. The van der Waals surface area contributed by atoms with Gasteiger partial charge in [0.25, 0.3) is 0 Å². The Morgan fingerprint density at radius 2 is 1.91 bits per heavy atom. The number of aliphatic hydroxyl groups excluding tert-OH is 1. The first kappa shape index (κ1) is 16.0. The minimum absolute atomic E-state index is 0.101. The van der Waals surface area contributed by atoms with Crippen LogP contribution in [0.4, 0.5) is 0 Å². The highest BCUT2D eigenvalue weighted by Gasteiger charge is 2.55. The van der Waals surface area contributed by atoms with Gasteiger partial charge >= 0.3 is 11.9 Å². The molecule has 0 unspecified atom stereocenters. The molecule has 2 saturated heterocycles. The number of carbonyl (C=O) groups excluding carboxylic acids is 2. The largest absolute Gasteiger partial charge is 0.469 e. The lowest BCUT2D eigenvalue weighted by molar-refractivity contribution is -0.158. The number of nitrogens with zero attached hydrogens (tertiary/aromatic N) is 1. The maximum Gasteiger partial charge on any atom is 0.338 e.